The third-order valence-corrected chi connectivity index (χ3v) is 4.63. The number of aromatic nitrogens is 2. The number of amides is 1. The van der Waals surface area contributed by atoms with Crippen LogP contribution in [0.4, 0.5) is 0 Å². The van der Waals surface area contributed by atoms with Crippen LogP contribution in [-0.4, -0.2) is 51.7 Å². The summed E-state index contributed by atoms with van der Waals surface area (Å²) in [6, 6.07) is 12.6. The second kappa shape index (κ2) is 7.62. The quantitative estimate of drug-likeness (QED) is 0.817. The lowest BCUT2D eigenvalue weighted by atomic mass is 10.1. The molecule has 0 saturated heterocycles. The molecule has 1 aliphatic heterocycles. The first kappa shape index (κ1) is 16.7. The Morgan fingerprint density at radius 1 is 1.17 bits per heavy atom. The van der Waals surface area contributed by atoms with E-state index in [4.69, 9.17) is 5.10 Å². The Bertz CT molecular complexity index is 676. The molecule has 24 heavy (non-hydrogen) atoms. The first-order valence-corrected chi connectivity index (χ1v) is 8.79. The first-order valence-electron chi connectivity index (χ1n) is 8.79. The van der Waals surface area contributed by atoms with E-state index in [0.717, 1.165) is 44.8 Å². The van der Waals surface area contributed by atoms with Crippen LogP contribution in [0.3, 0.4) is 0 Å². The third-order valence-electron chi connectivity index (χ3n) is 4.63. The van der Waals surface area contributed by atoms with Gasteiger partial charge in [-0.05, 0) is 25.5 Å². The highest BCUT2D eigenvalue weighted by Gasteiger charge is 2.21. The van der Waals surface area contributed by atoms with E-state index in [9.17, 15) is 4.79 Å². The zero-order valence-electron chi connectivity index (χ0n) is 14.6. The fraction of sp³-hybridized carbons (Fsp3) is 0.474. The average molecular weight is 326 g/mol. The summed E-state index contributed by atoms with van der Waals surface area (Å²) in [5, 5.41) is 4.72. The largest absolute Gasteiger partial charge is 0.342 e. The van der Waals surface area contributed by atoms with Gasteiger partial charge in [-0.15, -0.1) is 0 Å². The van der Waals surface area contributed by atoms with Gasteiger partial charge in [0, 0.05) is 32.6 Å². The predicted molar refractivity (Wildman–Crippen MR) is 94.7 cm³/mol. The minimum absolute atomic E-state index is 0.220. The summed E-state index contributed by atoms with van der Waals surface area (Å²) in [5.74, 6) is 0.220. The minimum Gasteiger partial charge on any atom is -0.342 e. The molecule has 2 heterocycles. The molecule has 0 N–H and O–H groups in total. The standard InChI is InChI=1S/C19H26N4O/c1-3-22(4-2)19(24)15-21-10-11-23-18(14-21)13-17(20-23)12-16-8-6-5-7-9-16/h5-9,13H,3-4,10-12,14-15H2,1-2H3. The molecule has 0 aliphatic carbocycles. The van der Waals surface area contributed by atoms with Crippen molar-refractivity contribution in [2.45, 2.75) is 33.4 Å². The second-order valence-corrected chi connectivity index (χ2v) is 6.29. The molecule has 0 bridgehead atoms. The Hall–Kier alpha value is -2.14. The lowest BCUT2D eigenvalue weighted by Gasteiger charge is -2.29. The number of likely N-dealkylation sites (N-methyl/N-ethyl adjacent to an activating group) is 1. The molecule has 1 aliphatic rings. The number of rotatable bonds is 6. The van der Waals surface area contributed by atoms with E-state index in [2.05, 4.69) is 39.9 Å². The van der Waals surface area contributed by atoms with Gasteiger partial charge in [-0.2, -0.15) is 5.10 Å². The molecule has 128 valence electrons. The molecule has 5 nitrogen and oxygen atoms in total. The fourth-order valence-corrected chi connectivity index (χ4v) is 3.27. The Kier molecular flexibility index (Phi) is 5.30. The number of nitrogens with zero attached hydrogens (tertiary/aromatic N) is 4. The van der Waals surface area contributed by atoms with Crippen molar-refractivity contribution in [3.05, 3.63) is 53.3 Å². The van der Waals surface area contributed by atoms with Crippen LogP contribution in [0.25, 0.3) is 0 Å². The maximum Gasteiger partial charge on any atom is 0.236 e. The molecule has 0 fully saturated rings. The van der Waals surface area contributed by atoms with E-state index in [0.29, 0.717) is 6.54 Å². The van der Waals surface area contributed by atoms with Crippen molar-refractivity contribution in [2.24, 2.45) is 0 Å². The van der Waals surface area contributed by atoms with Gasteiger partial charge in [-0.3, -0.25) is 14.4 Å². The summed E-state index contributed by atoms with van der Waals surface area (Å²) in [6.07, 6.45) is 0.860. The van der Waals surface area contributed by atoms with Crippen molar-refractivity contribution in [1.29, 1.82) is 0 Å². The zero-order valence-corrected chi connectivity index (χ0v) is 14.6. The van der Waals surface area contributed by atoms with Crippen molar-refractivity contribution >= 4 is 5.91 Å². The van der Waals surface area contributed by atoms with Gasteiger partial charge in [0.05, 0.1) is 24.5 Å². The van der Waals surface area contributed by atoms with Crippen LogP contribution in [0, 0.1) is 0 Å². The van der Waals surface area contributed by atoms with Crippen molar-refractivity contribution in [2.75, 3.05) is 26.2 Å². The Labute approximate surface area is 143 Å². The summed E-state index contributed by atoms with van der Waals surface area (Å²) in [7, 11) is 0. The number of hydrogen-bond donors (Lipinski definition) is 0. The summed E-state index contributed by atoms with van der Waals surface area (Å²) < 4.78 is 2.09. The van der Waals surface area contributed by atoms with Crippen molar-refractivity contribution in [3.8, 4) is 0 Å². The lowest BCUT2D eigenvalue weighted by molar-refractivity contribution is -0.132. The molecular weight excluding hydrogens is 300 g/mol. The monoisotopic (exact) mass is 326 g/mol. The Balaban J connectivity index is 1.63. The maximum atomic E-state index is 12.3. The maximum absolute atomic E-state index is 12.3. The SMILES string of the molecule is CCN(CC)C(=O)CN1CCn2nc(Cc3ccccc3)cc2C1. The summed E-state index contributed by atoms with van der Waals surface area (Å²) in [6.45, 7) is 8.66. The lowest BCUT2D eigenvalue weighted by Crippen LogP contribution is -2.43. The highest BCUT2D eigenvalue weighted by atomic mass is 16.2. The van der Waals surface area contributed by atoms with Crippen LogP contribution in [0.1, 0.15) is 30.8 Å². The van der Waals surface area contributed by atoms with Crippen LogP contribution in [-0.2, 0) is 24.3 Å². The predicted octanol–water partition coefficient (Wildman–Crippen LogP) is 2.16. The van der Waals surface area contributed by atoms with E-state index >= 15 is 0 Å². The fourth-order valence-electron chi connectivity index (χ4n) is 3.27. The van der Waals surface area contributed by atoms with Crippen LogP contribution in [0.2, 0.25) is 0 Å². The van der Waals surface area contributed by atoms with Gasteiger partial charge in [0.15, 0.2) is 0 Å². The van der Waals surface area contributed by atoms with Crippen LogP contribution in [0.5, 0.6) is 0 Å². The van der Waals surface area contributed by atoms with Gasteiger partial charge in [0.2, 0.25) is 5.91 Å². The van der Waals surface area contributed by atoms with Gasteiger partial charge in [0.25, 0.3) is 0 Å². The van der Waals surface area contributed by atoms with Crippen LogP contribution >= 0.6 is 0 Å². The van der Waals surface area contributed by atoms with E-state index in [-0.39, 0.29) is 5.91 Å². The van der Waals surface area contributed by atoms with Gasteiger partial charge in [-0.25, -0.2) is 0 Å². The normalized spacial score (nSPS) is 14.4. The van der Waals surface area contributed by atoms with Crippen LogP contribution < -0.4 is 0 Å². The van der Waals surface area contributed by atoms with E-state index in [1.165, 1.54) is 11.3 Å². The van der Waals surface area contributed by atoms with E-state index < -0.39 is 0 Å². The van der Waals surface area contributed by atoms with Crippen molar-refractivity contribution < 1.29 is 4.79 Å². The molecule has 0 unspecified atom stereocenters. The van der Waals surface area contributed by atoms with Crippen molar-refractivity contribution in [1.82, 2.24) is 19.6 Å². The average Bonchev–Trinajstić information content (AvgIpc) is 2.98. The minimum atomic E-state index is 0.220. The molecule has 0 atom stereocenters. The van der Waals surface area contributed by atoms with E-state index in [1.54, 1.807) is 0 Å². The van der Waals surface area contributed by atoms with Crippen molar-refractivity contribution in [3.63, 3.8) is 0 Å². The third kappa shape index (κ3) is 3.85. The molecule has 0 saturated carbocycles. The smallest absolute Gasteiger partial charge is 0.236 e. The van der Waals surface area contributed by atoms with Gasteiger partial charge in [-0.1, -0.05) is 30.3 Å². The Morgan fingerprint density at radius 2 is 1.92 bits per heavy atom. The molecule has 5 heteroatoms. The molecule has 1 aromatic carbocycles. The van der Waals surface area contributed by atoms with Gasteiger partial charge >= 0.3 is 0 Å². The molecule has 3 rings (SSSR count). The van der Waals surface area contributed by atoms with Gasteiger partial charge in [0.1, 0.15) is 0 Å². The first-order chi connectivity index (χ1) is 11.7. The molecule has 2 aromatic rings. The summed E-state index contributed by atoms with van der Waals surface area (Å²) in [4.78, 5) is 16.4. The highest BCUT2D eigenvalue weighted by Crippen LogP contribution is 2.16. The molecule has 1 aromatic heterocycles. The molecule has 0 spiro atoms. The van der Waals surface area contributed by atoms with Gasteiger partial charge < -0.3 is 4.90 Å². The number of carbonyl (C=O) groups excluding carboxylic acids is 1. The topological polar surface area (TPSA) is 41.4 Å². The molecule has 1 amide bonds. The number of benzene rings is 1. The number of carbonyl (C=O) groups is 1. The summed E-state index contributed by atoms with van der Waals surface area (Å²) in [5.41, 5.74) is 3.59. The van der Waals surface area contributed by atoms with E-state index in [1.807, 2.05) is 24.8 Å². The zero-order chi connectivity index (χ0) is 16.9. The summed E-state index contributed by atoms with van der Waals surface area (Å²) >= 11 is 0. The second-order valence-electron chi connectivity index (χ2n) is 6.29. The number of hydrogen-bond acceptors (Lipinski definition) is 3. The Morgan fingerprint density at radius 3 is 2.62 bits per heavy atom. The highest BCUT2D eigenvalue weighted by molar-refractivity contribution is 5.78. The molecular formula is C19H26N4O. The number of fused-ring (bicyclic) bond motifs is 1. The molecule has 0 radical (unpaired) electrons. The van der Waals surface area contributed by atoms with Crippen LogP contribution in [0.15, 0.2) is 36.4 Å².